The van der Waals surface area contributed by atoms with Crippen LogP contribution in [0.1, 0.15) is 41.0 Å². The smallest absolute Gasteiger partial charge is 0.222 e. The predicted molar refractivity (Wildman–Crippen MR) is 135 cm³/mol. The van der Waals surface area contributed by atoms with Crippen molar-refractivity contribution < 1.29 is 4.79 Å². The number of piperidine rings is 1. The second kappa shape index (κ2) is 11.1. The molecular weight excluding hydrogens is 428 g/mol. The first kappa shape index (κ1) is 23.7. The van der Waals surface area contributed by atoms with E-state index in [4.69, 9.17) is 0 Å². The third-order valence-corrected chi connectivity index (χ3v) is 7.93. The van der Waals surface area contributed by atoms with E-state index in [1.54, 1.807) is 11.3 Å². The van der Waals surface area contributed by atoms with E-state index in [1.165, 1.54) is 16.0 Å². The van der Waals surface area contributed by atoms with E-state index < -0.39 is 0 Å². The van der Waals surface area contributed by atoms with E-state index in [1.807, 2.05) is 11.7 Å². The molecule has 0 N–H and O–H groups in total. The number of likely N-dealkylation sites (N-methyl/N-ethyl adjacent to an activating group) is 1. The molecule has 5 nitrogen and oxygen atoms in total. The molecular formula is C27H36N4OS. The molecule has 3 aromatic rings. The number of rotatable bonds is 9. The van der Waals surface area contributed by atoms with Gasteiger partial charge in [-0.3, -0.25) is 14.4 Å². The molecule has 2 aromatic heterocycles. The number of hydrogen-bond acceptors (Lipinski definition) is 4. The van der Waals surface area contributed by atoms with Gasteiger partial charge in [-0.05, 0) is 62.6 Å². The highest BCUT2D eigenvalue weighted by Gasteiger charge is 2.31. The van der Waals surface area contributed by atoms with Gasteiger partial charge in [-0.15, -0.1) is 11.3 Å². The van der Waals surface area contributed by atoms with Crippen molar-refractivity contribution in [3.63, 3.8) is 0 Å². The summed E-state index contributed by atoms with van der Waals surface area (Å²) in [6.07, 6.45) is 6.80. The summed E-state index contributed by atoms with van der Waals surface area (Å²) in [7, 11) is 4.24. The third-order valence-electron chi connectivity index (χ3n) is 6.99. The van der Waals surface area contributed by atoms with Crippen LogP contribution in [-0.4, -0.2) is 51.7 Å². The van der Waals surface area contributed by atoms with E-state index in [-0.39, 0.29) is 0 Å². The molecule has 0 bridgehead atoms. The molecule has 1 atom stereocenters. The maximum atomic E-state index is 12.8. The number of nitrogens with zero attached hydrogens (tertiary/aromatic N) is 4. The van der Waals surface area contributed by atoms with Gasteiger partial charge in [0.1, 0.15) is 0 Å². The second-order valence-electron chi connectivity index (χ2n) is 9.38. The lowest BCUT2D eigenvalue weighted by atomic mass is 9.84. The maximum absolute atomic E-state index is 12.8. The van der Waals surface area contributed by atoms with Crippen LogP contribution in [-0.2, 0) is 31.2 Å². The largest absolute Gasteiger partial charge is 0.343 e. The number of thiophene rings is 1. The minimum atomic E-state index is 0.306. The van der Waals surface area contributed by atoms with Crippen LogP contribution in [0.25, 0.3) is 0 Å². The van der Waals surface area contributed by atoms with Crippen molar-refractivity contribution in [2.24, 2.45) is 13.0 Å². The van der Waals surface area contributed by atoms with Gasteiger partial charge >= 0.3 is 0 Å². The SMILES string of the molecule is Cc1nn(C)cc1CN(C)C(Cc1ccccc1)C1CCN(C(=O)CCc2cccs2)CC1. The molecule has 0 saturated carbocycles. The predicted octanol–water partition coefficient (Wildman–Crippen LogP) is 4.70. The minimum absolute atomic E-state index is 0.306. The lowest BCUT2D eigenvalue weighted by Crippen LogP contribution is -2.46. The van der Waals surface area contributed by atoms with Gasteiger partial charge in [0.15, 0.2) is 0 Å². The molecule has 176 valence electrons. The molecule has 1 aromatic carbocycles. The standard InChI is InChI=1S/C27H36N4OS/c1-21-24(20-30(3)28-21)19-29(2)26(18-22-8-5-4-6-9-22)23-13-15-31(16-14-23)27(32)12-11-25-10-7-17-33-25/h4-10,17,20,23,26H,11-16,18-19H2,1-3H3. The summed E-state index contributed by atoms with van der Waals surface area (Å²) in [4.78, 5) is 18.7. The van der Waals surface area contributed by atoms with E-state index in [9.17, 15) is 4.79 Å². The Morgan fingerprint density at radius 1 is 1.18 bits per heavy atom. The van der Waals surface area contributed by atoms with E-state index in [0.29, 0.717) is 24.3 Å². The highest BCUT2D eigenvalue weighted by molar-refractivity contribution is 7.09. The molecule has 0 radical (unpaired) electrons. The van der Waals surface area contributed by atoms with Crippen molar-refractivity contribution in [3.05, 3.63) is 75.7 Å². The van der Waals surface area contributed by atoms with Crippen LogP contribution in [0.2, 0.25) is 0 Å². The van der Waals surface area contributed by atoms with Gasteiger partial charge in [-0.2, -0.15) is 5.10 Å². The molecule has 0 aliphatic carbocycles. The second-order valence-corrected chi connectivity index (χ2v) is 10.4. The van der Waals surface area contributed by atoms with Crippen molar-refractivity contribution in [1.82, 2.24) is 19.6 Å². The zero-order chi connectivity index (χ0) is 23.2. The Balaban J connectivity index is 1.39. The molecule has 0 spiro atoms. The van der Waals surface area contributed by atoms with Crippen molar-refractivity contribution >= 4 is 17.2 Å². The minimum Gasteiger partial charge on any atom is -0.343 e. The Bertz CT molecular complexity index is 1010. The molecule has 3 heterocycles. The van der Waals surface area contributed by atoms with E-state index in [2.05, 4.69) is 82.9 Å². The molecule has 1 unspecified atom stereocenters. The number of aromatic nitrogens is 2. The Morgan fingerprint density at radius 3 is 2.58 bits per heavy atom. The van der Waals surface area contributed by atoms with E-state index in [0.717, 1.165) is 51.0 Å². The van der Waals surface area contributed by atoms with Crippen LogP contribution in [0.5, 0.6) is 0 Å². The van der Waals surface area contributed by atoms with E-state index >= 15 is 0 Å². The molecule has 1 amide bonds. The van der Waals surface area contributed by atoms with Crippen LogP contribution in [0.4, 0.5) is 0 Å². The first-order valence-corrected chi connectivity index (χ1v) is 12.9. The number of aryl methyl sites for hydroxylation is 3. The Labute approximate surface area is 202 Å². The summed E-state index contributed by atoms with van der Waals surface area (Å²) in [5.74, 6) is 0.884. The highest BCUT2D eigenvalue weighted by Crippen LogP contribution is 2.28. The highest BCUT2D eigenvalue weighted by atomic mass is 32.1. The first-order chi connectivity index (χ1) is 16.0. The first-order valence-electron chi connectivity index (χ1n) is 12.0. The van der Waals surface area contributed by atoms with Crippen molar-refractivity contribution in [2.45, 2.75) is 51.6 Å². The maximum Gasteiger partial charge on any atom is 0.222 e. The summed E-state index contributed by atoms with van der Waals surface area (Å²) in [6, 6.07) is 15.4. The molecule has 1 saturated heterocycles. The number of likely N-dealkylation sites (tertiary alicyclic amines) is 1. The molecule has 1 aliphatic heterocycles. The van der Waals surface area contributed by atoms with Gasteiger partial charge in [0.25, 0.3) is 0 Å². The Hall–Kier alpha value is -2.44. The van der Waals surface area contributed by atoms with Gasteiger partial charge in [-0.1, -0.05) is 36.4 Å². The summed E-state index contributed by atoms with van der Waals surface area (Å²) >= 11 is 1.74. The van der Waals surface area contributed by atoms with Gasteiger partial charge in [0.2, 0.25) is 5.91 Å². The van der Waals surface area contributed by atoms with Gasteiger partial charge in [-0.25, -0.2) is 0 Å². The lowest BCUT2D eigenvalue weighted by molar-refractivity contribution is -0.132. The Morgan fingerprint density at radius 2 is 1.94 bits per heavy atom. The molecule has 4 rings (SSSR count). The number of benzene rings is 1. The van der Waals surface area contributed by atoms with Crippen LogP contribution >= 0.6 is 11.3 Å². The van der Waals surface area contributed by atoms with Gasteiger partial charge < -0.3 is 4.90 Å². The van der Waals surface area contributed by atoms with Crippen molar-refractivity contribution in [2.75, 3.05) is 20.1 Å². The van der Waals surface area contributed by atoms with Crippen LogP contribution < -0.4 is 0 Å². The van der Waals surface area contributed by atoms with Gasteiger partial charge in [0, 0.05) is 55.8 Å². The molecule has 1 fully saturated rings. The fourth-order valence-electron chi connectivity index (χ4n) is 5.10. The van der Waals surface area contributed by atoms with Crippen LogP contribution in [0, 0.1) is 12.8 Å². The quantitative estimate of drug-likeness (QED) is 0.461. The number of amides is 1. The average molecular weight is 465 g/mol. The Kier molecular flexibility index (Phi) is 7.99. The van der Waals surface area contributed by atoms with Crippen molar-refractivity contribution in [1.29, 1.82) is 0 Å². The fourth-order valence-corrected chi connectivity index (χ4v) is 5.81. The third kappa shape index (κ3) is 6.33. The summed E-state index contributed by atoms with van der Waals surface area (Å²) in [5, 5.41) is 6.62. The normalized spacial score (nSPS) is 15.8. The number of carbonyl (C=O) groups is 1. The lowest BCUT2D eigenvalue weighted by Gasteiger charge is -2.40. The van der Waals surface area contributed by atoms with Gasteiger partial charge in [0.05, 0.1) is 5.69 Å². The zero-order valence-corrected chi connectivity index (χ0v) is 20.9. The molecule has 33 heavy (non-hydrogen) atoms. The summed E-state index contributed by atoms with van der Waals surface area (Å²) in [6.45, 7) is 4.74. The molecule has 1 aliphatic rings. The number of carbonyl (C=O) groups excluding carboxylic acids is 1. The summed E-state index contributed by atoms with van der Waals surface area (Å²) in [5.41, 5.74) is 3.78. The average Bonchev–Trinajstić information content (AvgIpc) is 3.45. The summed E-state index contributed by atoms with van der Waals surface area (Å²) < 4.78 is 1.91. The monoisotopic (exact) mass is 464 g/mol. The van der Waals surface area contributed by atoms with Crippen molar-refractivity contribution in [3.8, 4) is 0 Å². The van der Waals surface area contributed by atoms with Crippen LogP contribution in [0.15, 0.2) is 54.0 Å². The topological polar surface area (TPSA) is 41.4 Å². The zero-order valence-electron chi connectivity index (χ0n) is 20.1. The fraction of sp³-hybridized carbons (Fsp3) is 0.481. The molecule has 6 heteroatoms. The van der Waals surface area contributed by atoms with Crippen LogP contribution in [0.3, 0.4) is 0 Å². The number of hydrogen-bond donors (Lipinski definition) is 0.